The summed E-state index contributed by atoms with van der Waals surface area (Å²) >= 11 is 0. The van der Waals surface area contributed by atoms with Gasteiger partial charge < -0.3 is 9.80 Å². The van der Waals surface area contributed by atoms with Crippen LogP contribution in [0.1, 0.15) is 49.2 Å². The van der Waals surface area contributed by atoms with Crippen molar-refractivity contribution in [3.63, 3.8) is 0 Å². The number of fused-ring (bicyclic) bond motifs is 1. The summed E-state index contributed by atoms with van der Waals surface area (Å²) in [6.45, 7) is 3.00. The Kier molecular flexibility index (Phi) is 3.89. The Morgan fingerprint density at radius 1 is 1.16 bits per heavy atom. The number of rotatable bonds is 2. The minimum Gasteiger partial charge on any atom is -0.339 e. The summed E-state index contributed by atoms with van der Waals surface area (Å²) in [5.41, 5.74) is 1.23. The molecule has 2 amide bonds. The van der Waals surface area contributed by atoms with Crippen LogP contribution in [0.5, 0.6) is 0 Å². The minimum atomic E-state index is -0.285. The summed E-state index contributed by atoms with van der Waals surface area (Å²) in [7, 11) is 1.70. The molecule has 3 heterocycles. The van der Waals surface area contributed by atoms with Gasteiger partial charge in [-0.1, -0.05) is 12.8 Å². The summed E-state index contributed by atoms with van der Waals surface area (Å²) in [5.74, 6) is 0.451. The number of aryl methyl sites for hydroxylation is 1. The first kappa shape index (κ1) is 16.3. The van der Waals surface area contributed by atoms with Crippen molar-refractivity contribution in [3.8, 4) is 0 Å². The molecule has 0 spiro atoms. The molecule has 0 N–H and O–H groups in total. The Labute approximate surface area is 146 Å². The van der Waals surface area contributed by atoms with E-state index in [1.807, 2.05) is 4.90 Å². The molecule has 134 valence electrons. The van der Waals surface area contributed by atoms with Crippen LogP contribution in [0.2, 0.25) is 0 Å². The Morgan fingerprint density at radius 3 is 2.60 bits per heavy atom. The van der Waals surface area contributed by atoms with Crippen molar-refractivity contribution in [1.29, 1.82) is 0 Å². The van der Waals surface area contributed by atoms with Gasteiger partial charge in [0.2, 0.25) is 11.8 Å². The highest BCUT2D eigenvalue weighted by Crippen LogP contribution is 2.31. The van der Waals surface area contributed by atoms with Crippen LogP contribution >= 0.6 is 0 Å². The fourth-order valence-electron chi connectivity index (χ4n) is 4.41. The maximum Gasteiger partial charge on any atom is 0.258 e. The molecule has 1 atom stereocenters. The molecular formula is C18H24N4O3. The summed E-state index contributed by atoms with van der Waals surface area (Å²) in [6, 6.07) is 0.317. The summed E-state index contributed by atoms with van der Waals surface area (Å²) in [4.78, 5) is 45.7. The molecule has 1 saturated carbocycles. The lowest BCUT2D eigenvalue weighted by Crippen LogP contribution is -2.37. The quantitative estimate of drug-likeness (QED) is 0.792. The molecular weight excluding hydrogens is 320 g/mol. The van der Waals surface area contributed by atoms with Gasteiger partial charge in [0, 0.05) is 26.1 Å². The summed E-state index contributed by atoms with van der Waals surface area (Å²) < 4.78 is 1.52. The monoisotopic (exact) mass is 344 g/mol. The normalized spacial score (nSPS) is 23.6. The average Bonchev–Trinajstić information content (AvgIpc) is 3.30. The fourth-order valence-corrected chi connectivity index (χ4v) is 4.41. The molecule has 0 unspecified atom stereocenters. The van der Waals surface area contributed by atoms with E-state index in [4.69, 9.17) is 0 Å². The van der Waals surface area contributed by atoms with Crippen LogP contribution in [0.25, 0.3) is 0 Å². The molecule has 7 heteroatoms. The van der Waals surface area contributed by atoms with E-state index in [9.17, 15) is 14.4 Å². The van der Waals surface area contributed by atoms with E-state index in [1.165, 1.54) is 17.4 Å². The van der Waals surface area contributed by atoms with Gasteiger partial charge in [0.15, 0.2) is 0 Å². The van der Waals surface area contributed by atoms with E-state index >= 15 is 0 Å². The standard InChI is InChI=1S/C18H24N4O3/c1-11-19-15-10-21(9-14(15)18(25)20(11)2)17(24)12-7-16(23)22(8-12)13-5-3-4-6-13/h12-13H,3-10H2,1-2H3/t12-/m0/s1. The molecule has 2 fully saturated rings. The maximum absolute atomic E-state index is 12.9. The van der Waals surface area contributed by atoms with E-state index < -0.39 is 0 Å². The summed E-state index contributed by atoms with van der Waals surface area (Å²) in [5, 5.41) is 0. The fraction of sp³-hybridized carbons (Fsp3) is 0.667. The highest BCUT2D eigenvalue weighted by atomic mass is 16.2. The maximum atomic E-state index is 12.9. The first-order valence-corrected chi connectivity index (χ1v) is 9.09. The first-order valence-electron chi connectivity index (χ1n) is 9.09. The molecule has 3 aliphatic rings. The van der Waals surface area contributed by atoms with Gasteiger partial charge in [-0.3, -0.25) is 19.0 Å². The van der Waals surface area contributed by atoms with Crippen molar-refractivity contribution in [3.05, 3.63) is 27.4 Å². The smallest absolute Gasteiger partial charge is 0.258 e. The SMILES string of the molecule is Cc1nc2c(c(=O)n1C)CN(C(=O)[C@H]1CC(=O)N(C3CCCC3)C1)C2. The van der Waals surface area contributed by atoms with Crippen molar-refractivity contribution in [2.24, 2.45) is 13.0 Å². The van der Waals surface area contributed by atoms with Crippen molar-refractivity contribution < 1.29 is 9.59 Å². The van der Waals surface area contributed by atoms with E-state index in [-0.39, 0.29) is 23.3 Å². The lowest BCUT2D eigenvalue weighted by atomic mass is 10.1. The van der Waals surface area contributed by atoms with Crippen LogP contribution in [0.15, 0.2) is 4.79 Å². The molecule has 0 aromatic carbocycles. The Morgan fingerprint density at radius 2 is 1.88 bits per heavy atom. The van der Waals surface area contributed by atoms with Gasteiger partial charge in [0.05, 0.1) is 30.3 Å². The Balaban J connectivity index is 1.48. The zero-order valence-electron chi connectivity index (χ0n) is 14.8. The van der Waals surface area contributed by atoms with Gasteiger partial charge in [-0.05, 0) is 19.8 Å². The number of likely N-dealkylation sites (tertiary alicyclic amines) is 1. The van der Waals surface area contributed by atoms with Gasteiger partial charge in [-0.15, -0.1) is 0 Å². The lowest BCUT2D eigenvalue weighted by Gasteiger charge is -2.25. The third-order valence-corrected chi connectivity index (χ3v) is 5.97. The van der Waals surface area contributed by atoms with Crippen molar-refractivity contribution in [2.45, 2.75) is 58.2 Å². The van der Waals surface area contributed by atoms with Crippen LogP contribution in [0.3, 0.4) is 0 Å². The van der Waals surface area contributed by atoms with Crippen molar-refractivity contribution >= 4 is 11.8 Å². The van der Waals surface area contributed by atoms with Gasteiger partial charge in [0.25, 0.3) is 5.56 Å². The number of amides is 2. The highest BCUT2D eigenvalue weighted by molar-refractivity contribution is 5.89. The van der Waals surface area contributed by atoms with E-state index in [2.05, 4.69) is 4.98 Å². The third kappa shape index (κ3) is 2.65. The molecule has 7 nitrogen and oxygen atoms in total. The Bertz CT molecular complexity index is 794. The van der Waals surface area contributed by atoms with E-state index in [1.54, 1.807) is 18.9 Å². The van der Waals surface area contributed by atoms with Crippen LogP contribution in [-0.2, 0) is 29.7 Å². The van der Waals surface area contributed by atoms with Gasteiger partial charge >= 0.3 is 0 Å². The number of hydrogen-bond donors (Lipinski definition) is 0. The second-order valence-electron chi connectivity index (χ2n) is 7.53. The molecule has 4 rings (SSSR count). The van der Waals surface area contributed by atoms with Crippen LogP contribution in [-0.4, -0.2) is 43.8 Å². The molecule has 1 aromatic heterocycles. The third-order valence-electron chi connectivity index (χ3n) is 5.97. The Hall–Kier alpha value is -2.18. The van der Waals surface area contributed by atoms with Crippen LogP contribution < -0.4 is 5.56 Å². The molecule has 1 aromatic rings. The number of hydrogen-bond acceptors (Lipinski definition) is 4. The second kappa shape index (κ2) is 5.97. The highest BCUT2D eigenvalue weighted by Gasteiger charge is 2.41. The number of carbonyl (C=O) groups is 2. The average molecular weight is 344 g/mol. The number of nitrogens with zero attached hydrogens (tertiary/aromatic N) is 4. The molecule has 1 aliphatic carbocycles. The van der Waals surface area contributed by atoms with Gasteiger partial charge in [-0.2, -0.15) is 0 Å². The zero-order chi connectivity index (χ0) is 17.7. The first-order chi connectivity index (χ1) is 12.0. The predicted octanol–water partition coefficient (Wildman–Crippen LogP) is 0.722. The van der Waals surface area contributed by atoms with Crippen molar-refractivity contribution in [1.82, 2.24) is 19.4 Å². The summed E-state index contributed by atoms with van der Waals surface area (Å²) in [6.07, 6.45) is 4.75. The largest absolute Gasteiger partial charge is 0.339 e. The minimum absolute atomic E-state index is 0.0217. The van der Waals surface area contributed by atoms with E-state index in [0.717, 1.165) is 12.8 Å². The van der Waals surface area contributed by atoms with E-state index in [0.29, 0.717) is 49.2 Å². The van der Waals surface area contributed by atoms with Gasteiger partial charge in [0.1, 0.15) is 5.82 Å². The number of carbonyl (C=O) groups excluding carboxylic acids is 2. The lowest BCUT2D eigenvalue weighted by molar-refractivity contribution is -0.136. The topological polar surface area (TPSA) is 75.5 Å². The zero-order valence-corrected chi connectivity index (χ0v) is 14.8. The van der Waals surface area contributed by atoms with Crippen LogP contribution in [0, 0.1) is 12.8 Å². The molecule has 0 bridgehead atoms. The van der Waals surface area contributed by atoms with Gasteiger partial charge in [-0.25, -0.2) is 4.98 Å². The molecule has 25 heavy (non-hydrogen) atoms. The number of aromatic nitrogens is 2. The van der Waals surface area contributed by atoms with Crippen LogP contribution in [0.4, 0.5) is 0 Å². The predicted molar refractivity (Wildman–Crippen MR) is 90.5 cm³/mol. The molecule has 1 saturated heterocycles. The van der Waals surface area contributed by atoms with Crippen molar-refractivity contribution in [2.75, 3.05) is 6.54 Å². The second-order valence-corrected chi connectivity index (χ2v) is 7.53. The molecule has 2 aliphatic heterocycles. The molecule has 0 radical (unpaired) electrons.